The largest absolute Gasteiger partial charge is 0.484 e. The van der Waals surface area contributed by atoms with Crippen LogP contribution in [0.2, 0.25) is 5.02 Å². The van der Waals surface area contributed by atoms with Crippen LogP contribution in [0, 0.1) is 10.1 Å². The molecule has 11 heteroatoms. The standard InChI is InChI=1S/C19H16ClN3O6S/c1-2-28-18(25)10-22-15-9-13(23(26)27)5-8-16(15)30-19(22)21-17(24)11-29-14-6-3-12(20)4-7-14/h3-9H,2,10-11H2,1H3. The van der Waals surface area contributed by atoms with Crippen LogP contribution in [0.4, 0.5) is 5.69 Å². The van der Waals surface area contributed by atoms with E-state index in [-0.39, 0.29) is 30.2 Å². The molecule has 0 aliphatic heterocycles. The number of hydrogen-bond acceptors (Lipinski definition) is 7. The van der Waals surface area contributed by atoms with Crippen molar-refractivity contribution in [1.82, 2.24) is 4.57 Å². The number of non-ortho nitro benzene ring substituents is 1. The van der Waals surface area contributed by atoms with Gasteiger partial charge in [0.2, 0.25) is 0 Å². The Bertz CT molecular complexity index is 1170. The summed E-state index contributed by atoms with van der Waals surface area (Å²) in [6.07, 6.45) is 0. The van der Waals surface area contributed by atoms with Crippen molar-refractivity contribution in [3.8, 4) is 5.75 Å². The summed E-state index contributed by atoms with van der Waals surface area (Å²) in [6.45, 7) is 1.29. The minimum absolute atomic E-state index is 0.137. The third-order valence-electron chi connectivity index (χ3n) is 3.87. The second-order valence-corrected chi connectivity index (χ2v) is 7.38. The van der Waals surface area contributed by atoms with E-state index in [0.717, 1.165) is 11.3 Å². The first kappa shape index (κ1) is 21.5. The Kier molecular flexibility index (Phi) is 6.80. The number of nitrogens with zero attached hydrogens (tertiary/aromatic N) is 3. The molecule has 0 unspecified atom stereocenters. The summed E-state index contributed by atoms with van der Waals surface area (Å²) in [4.78, 5) is 39.2. The Labute approximate surface area is 179 Å². The Hall–Kier alpha value is -3.24. The number of ether oxygens (including phenoxy) is 2. The summed E-state index contributed by atoms with van der Waals surface area (Å²) in [5.41, 5.74) is 0.272. The number of fused-ring (bicyclic) bond motifs is 1. The van der Waals surface area contributed by atoms with E-state index >= 15 is 0 Å². The molecule has 156 valence electrons. The lowest BCUT2D eigenvalue weighted by molar-refractivity contribution is -0.384. The number of esters is 1. The Morgan fingerprint density at radius 2 is 1.97 bits per heavy atom. The minimum atomic E-state index is -0.580. The van der Waals surface area contributed by atoms with E-state index < -0.39 is 16.8 Å². The van der Waals surface area contributed by atoms with Crippen LogP contribution in [0.5, 0.6) is 5.75 Å². The highest BCUT2D eigenvalue weighted by atomic mass is 35.5. The highest BCUT2D eigenvalue weighted by molar-refractivity contribution is 7.16. The second-order valence-electron chi connectivity index (χ2n) is 5.93. The molecular formula is C19H16ClN3O6S. The average molecular weight is 450 g/mol. The number of amides is 1. The van der Waals surface area contributed by atoms with Gasteiger partial charge in [0.25, 0.3) is 11.6 Å². The fourth-order valence-corrected chi connectivity index (χ4v) is 3.71. The molecule has 0 radical (unpaired) electrons. The zero-order valence-corrected chi connectivity index (χ0v) is 17.3. The molecule has 0 atom stereocenters. The first-order valence-electron chi connectivity index (χ1n) is 8.76. The van der Waals surface area contributed by atoms with Gasteiger partial charge in [0.15, 0.2) is 11.4 Å². The number of nitro groups is 1. The molecule has 1 heterocycles. The second kappa shape index (κ2) is 9.51. The normalized spacial score (nSPS) is 11.5. The molecule has 0 aliphatic carbocycles. The summed E-state index contributed by atoms with van der Waals surface area (Å²) in [5, 5.41) is 11.7. The number of carbonyl (C=O) groups excluding carboxylic acids is 2. The van der Waals surface area contributed by atoms with Crippen LogP contribution >= 0.6 is 22.9 Å². The van der Waals surface area contributed by atoms with Gasteiger partial charge in [0, 0.05) is 17.2 Å². The van der Waals surface area contributed by atoms with Gasteiger partial charge in [0.05, 0.1) is 21.7 Å². The molecule has 0 aliphatic rings. The highest BCUT2D eigenvalue weighted by Gasteiger charge is 2.16. The first-order chi connectivity index (χ1) is 14.4. The van der Waals surface area contributed by atoms with Crippen molar-refractivity contribution < 1.29 is 24.0 Å². The van der Waals surface area contributed by atoms with E-state index in [2.05, 4.69) is 4.99 Å². The van der Waals surface area contributed by atoms with Gasteiger partial charge in [-0.05, 0) is 37.3 Å². The summed E-state index contributed by atoms with van der Waals surface area (Å²) in [5.74, 6) is -0.673. The molecule has 0 N–H and O–H groups in total. The average Bonchev–Trinajstić information content (AvgIpc) is 3.04. The van der Waals surface area contributed by atoms with Gasteiger partial charge in [-0.3, -0.25) is 19.7 Å². The fraction of sp³-hybridized carbons (Fsp3) is 0.211. The number of benzene rings is 2. The van der Waals surface area contributed by atoms with E-state index in [4.69, 9.17) is 21.1 Å². The summed E-state index contributed by atoms with van der Waals surface area (Å²) in [7, 11) is 0. The van der Waals surface area contributed by atoms with Crippen molar-refractivity contribution in [2.24, 2.45) is 4.99 Å². The van der Waals surface area contributed by atoms with Crippen molar-refractivity contribution in [2.45, 2.75) is 13.5 Å². The molecule has 3 rings (SSSR count). The van der Waals surface area contributed by atoms with Gasteiger partial charge in [-0.1, -0.05) is 22.9 Å². The number of carbonyl (C=O) groups is 2. The lowest BCUT2D eigenvalue weighted by Gasteiger charge is -2.05. The topological polar surface area (TPSA) is 113 Å². The number of thiazole rings is 1. The molecule has 0 fully saturated rings. The van der Waals surface area contributed by atoms with Gasteiger partial charge in [-0.15, -0.1) is 0 Å². The van der Waals surface area contributed by atoms with Crippen molar-refractivity contribution in [1.29, 1.82) is 0 Å². The highest BCUT2D eigenvalue weighted by Crippen LogP contribution is 2.23. The zero-order chi connectivity index (χ0) is 21.7. The maximum Gasteiger partial charge on any atom is 0.326 e. The van der Waals surface area contributed by atoms with E-state index in [0.29, 0.717) is 21.0 Å². The third kappa shape index (κ3) is 5.22. The van der Waals surface area contributed by atoms with E-state index in [1.807, 2.05) is 0 Å². The van der Waals surface area contributed by atoms with E-state index in [9.17, 15) is 19.7 Å². The van der Waals surface area contributed by atoms with Crippen LogP contribution in [0.25, 0.3) is 10.2 Å². The molecule has 0 spiro atoms. The summed E-state index contributed by atoms with van der Waals surface area (Å²) in [6, 6.07) is 10.7. The Balaban J connectivity index is 1.93. The van der Waals surface area contributed by atoms with Gasteiger partial charge in [0.1, 0.15) is 12.3 Å². The van der Waals surface area contributed by atoms with Crippen LogP contribution < -0.4 is 9.54 Å². The molecule has 9 nitrogen and oxygen atoms in total. The van der Waals surface area contributed by atoms with Crippen molar-refractivity contribution >= 4 is 50.7 Å². The number of aromatic nitrogens is 1. The smallest absolute Gasteiger partial charge is 0.326 e. The molecule has 1 aromatic heterocycles. The predicted molar refractivity (Wildman–Crippen MR) is 111 cm³/mol. The summed E-state index contributed by atoms with van der Waals surface area (Å²) < 4.78 is 12.4. The molecule has 1 amide bonds. The van der Waals surface area contributed by atoms with Crippen LogP contribution in [0.15, 0.2) is 47.5 Å². The van der Waals surface area contributed by atoms with Crippen LogP contribution in [0.1, 0.15) is 6.92 Å². The lowest BCUT2D eigenvalue weighted by atomic mass is 10.3. The Morgan fingerprint density at radius 1 is 1.23 bits per heavy atom. The van der Waals surface area contributed by atoms with Gasteiger partial charge in [-0.2, -0.15) is 4.99 Å². The van der Waals surface area contributed by atoms with Crippen molar-refractivity contribution in [3.63, 3.8) is 0 Å². The third-order valence-corrected chi connectivity index (χ3v) is 5.18. The number of rotatable bonds is 7. The van der Waals surface area contributed by atoms with Crippen molar-refractivity contribution in [2.75, 3.05) is 13.2 Å². The summed E-state index contributed by atoms with van der Waals surface area (Å²) >= 11 is 6.94. The molecule has 0 saturated heterocycles. The van der Waals surface area contributed by atoms with Crippen LogP contribution in [0.3, 0.4) is 0 Å². The number of nitro benzene ring substituents is 1. The monoisotopic (exact) mass is 449 g/mol. The molecule has 2 aromatic carbocycles. The number of halogens is 1. The molecule has 0 bridgehead atoms. The molecule has 3 aromatic rings. The van der Waals surface area contributed by atoms with Crippen LogP contribution in [-0.4, -0.2) is 34.6 Å². The van der Waals surface area contributed by atoms with E-state index in [1.165, 1.54) is 16.7 Å². The van der Waals surface area contributed by atoms with Gasteiger partial charge >= 0.3 is 5.97 Å². The van der Waals surface area contributed by atoms with E-state index in [1.54, 1.807) is 37.3 Å². The lowest BCUT2D eigenvalue weighted by Crippen LogP contribution is -2.24. The predicted octanol–water partition coefficient (Wildman–Crippen LogP) is 3.33. The van der Waals surface area contributed by atoms with Crippen LogP contribution in [-0.2, 0) is 20.9 Å². The Morgan fingerprint density at radius 3 is 2.63 bits per heavy atom. The molecule has 30 heavy (non-hydrogen) atoms. The quantitative estimate of drug-likeness (QED) is 0.310. The fourth-order valence-electron chi connectivity index (χ4n) is 2.56. The maximum atomic E-state index is 12.3. The SMILES string of the molecule is CCOC(=O)Cn1c(=NC(=O)COc2ccc(Cl)cc2)sc2ccc([N+](=O)[O-])cc21. The maximum absolute atomic E-state index is 12.3. The molecule has 0 saturated carbocycles. The first-order valence-corrected chi connectivity index (χ1v) is 9.96. The molecular weight excluding hydrogens is 434 g/mol. The zero-order valence-electron chi connectivity index (χ0n) is 15.7. The number of hydrogen-bond donors (Lipinski definition) is 0. The van der Waals surface area contributed by atoms with Gasteiger partial charge < -0.3 is 14.0 Å². The van der Waals surface area contributed by atoms with Gasteiger partial charge in [-0.25, -0.2) is 0 Å². The van der Waals surface area contributed by atoms with Crippen molar-refractivity contribution in [3.05, 3.63) is 62.4 Å². The minimum Gasteiger partial charge on any atom is -0.484 e.